The van der Waals surface area contributed by atoms with Crippen LogP contribution in [-0.4, -0.2) is 30.5 Å². The molecule has 0 saturated carbocycles. The molecule has 2 heterocycles. The number of carbonyl (C=O) groups is 1. The normalized spacial score (nSPS) is 12.8. The monoisotopic (exact) mass is 508 g/mol. The number of anilines is 1. The Bertz CT molecular complexity index is 1080. The Hall–Kier alpha value is -2.47. The molecule has 1 N–H and O–H groups in total. The van der Waals surface area contributed by atoms with Crippen LogP contribution in [0, 0.1) is 12.7 Å². The Morgan fingerprint density at radius 3 is 2.63 bits per heavy atom. The van der Waals surface area contributed by atoms with Gasteiger partial charge in [-0.15, -0.1) is 5.10 Å². The summed E-state index contributed by atoms with van der Waals surface area (Å²) in [5.41, 5.74) is -0.784. The summed E-state index contributed by atoms with van der Waals surface area (Å²) in [5.74, 6) is -1.29. The smallest absolute Gasteiger partial charge is 0.291 e. The molecule has 13 heteroatoms. The summed E-state index contributed by atoms with van der Waals surface area (Å²) in [6.07, 6.45) is -3.40. The van der Waals surface area contributed by atoms with E-state index in [0.717, 1.165) is 4.68 Å². The highest BCUT2D eigenvalue weighted by Gasteiger charge is 2.39. The summed E-state index contributed by atoms with van der Waals surface area (Å²) < 4.78 is 55.0. The molecule has 7 nitrogen and oxygen atoms in total. The lowest BCUT2D eigenvalue weighted by molar-refractivity contribution is -0.142. The predicted molar refractivity (Wildman–Crippen MR) is 104 cm³/mol. The highest BCUT2D eigenvalue weighted by Crippen LogP contribution is 2.36. The minimum atomic E-state index is -4.67. The molecule has 1 aromatic carbocycles. The summed E-state index contributed by atoms with van der Waals surface area (Å²) >= 11 is 8.84. The van der Waals surface area contributed by atoms with Crippen LogP contribution in [0.3, 0.4) is 0 Å². The van der Waals surface area contributed by atoms with Gasteiger partial charge < -0.3 is 0 Å². The number of hydrogen-bond acceptors (Lipinski definition) is 4. The standard InChI is InChI=1S/C17H14BrClF4N6O/c1-8-13(18)14(17(21,22)23)26-29(8)9(2)15(30)25-16-24-7-28(27-16)6-10-11(19)4-3-5-12(10)20/h3-5,7,9H,6H2,1-2H3,(H,25,27,30). The summed E-state index contributed by atoms with van der Waals surface area (Å²) in [4.78, 5) is 16.4. The summed E-state index contributed by atoms with van der Waals surface area (Å²) in [5, 5.41) is 10.1. The van der Waals surface area contributed by atoms with Crippen LogP contribution in [0.25, 0.3) is 0 Å². The van der Waals surface area contributed by atoms with Gasteiger partial charge in [0.25, 0.3) is 5.91 Å². The van der Waals surface area contributed by atoms with Gasteiger partial charge in [0.05, 0.1) is 16.7 Å². The Morgan fingerprint density at radius 2 is 2.03 bits per heavy atom. The molecule has 30 heavy (non-hydrogen) atoms. The van der Waals surface area contributed by atoms with Crippen LogP contribution in [0.15, 0.2) is 29.0 Å². The molecule has 3 aromatic rings. The SMILES string of the molecule is Cc1c(Br)c(C(F)(F)F)nn1C(C)C(=O)Nc1ncn(Cc2c(F)cccc2Cl)n1. The minimum Gasteiger partial charge on any atom is -0.291 e. The van der Waals surface area contributed by atoms with Crippen LogP contribution in [0.4, 0.5) is 23.5 Å². The first-order chi connectivity index (χ1) is 14.0. The predicted octanol–water partition coefficient (Wildman–Crippen LogP) is 4.60. The Kier molecular flexibility index (Phi) is 6.18. The van der Waals surface area contributed by atoms with Crippen molar-refractivity contribution < 1.29 is 22.4 Å². The quantitative estimate of drug-likeness (QED) is 0.510. The van der Waals surface area contributed by atoms with Gasteiger partial charge in [0.1, 0.15) is 18.2 Å². The molecule has 1 atom stereocenters. The average Bonchev–Trinajstić information content (AvgIpc) is 3.22. The zero-order chi connectivity index (χ0) is 22.2. The average molecular weight is 510 g/mol. The lowest BCUT2D eigenvalue weighted by Gasteiger charge is -2.13. The van der Waals surface area contributed by atoms with E-state index in [1.165, 1.54) is 43.1 Å². The van der Waals surface area contributed by atoms with Crippen LogP contribution < -0.4 is 5.32 Å². The highest BCUT2D eigenvalue weighted by atomic mass is 79.9. The Balaban J connectivity index is 1.74. The van der Waals surface area contributed by atoms with Gasteiger partial charge in [-0.1, -0.05) is 17.7 Å². The number of hydrogen-bond donors (Lipinski definition) is 1. The molecule has 0 spiro atoms. The van der Waals surface area contributed by atoms with E-state index < -0.39 is 29.6 Å². The number of aromatic nitrogens is 5. The van der Waals surface area contributed by atoms with Gasteiger partial charge in [-0.2, -0.15) is 18.3 Å². The third-order valence-electron chi connectivity index (χ3n) is 4.25. The van der Waals surface area contributed by atoms with E-state index in [2.05, 4.69) is 36.4 Å². The zero-order valence-electron chi connectivity index (χ0n) is 15.5. The molecule has 0 aliphatic carbocycles. The van der Waals surface area contributed by atoms with Crippen molar-refractivity contribution in [3.8, 4) is 0 Å². The number of halogens is 6. The second-order valence-electron chi connectivity index (χ2n) is 6.32. The van der Waals surface area contributed by atoms with E-state index in [4.69, 9.17) is 11.6 Å². The molecule has 0 radical (unpaired) electrons. The maximum Gasteiger partial charge on any atom is 0.436 e. The molecule has 0 bridgehead atoms. The number of amides is 1. The summed E-state index contributed by atoms with van der Waals surface area (Å²) in [6, 6.07) is 3.17. The van der Waals surface area contributed by atoms with Crippen molar-refractivity contribution >= 4 is 39.4 Å². The molecule has 2 aromatic heterocycles. The van der Waals surface area contributed by atoms with Gasteiger partial charge in [0.15, 0.2) is 5.69 Å². The molecule has 0 saturated heterocycles. The van der Waals surface area contributed by atoms with Gasteiger partial charge in [-0.3, -0.25) is 14.8 Å². The second kappa shape index (κ2) is 8.34. The first-order valence-corrected chi connectivity index (χ1v) is 9.61. The Labute approximate surface area is 181 Å². The molecule has 1 unspecified atom stereocenters. The first-order valence-electron chi connectivity index (χ1n) is 8.44. The third-order valence-corrected chi connectivity index (χ3v) is 5.55. The summed E-state index contributed by atoms with van der Waals surface area (Å²) in [6.45, 7) is 2.77. The molecule has 0 aliphatic rings. The topological polar surface area (TPSA) is 77.6 Å². The Morgan fingerprint density at radius 1 is 1.33 bits per heavy atom. The first kappa shape index (κ1) is 22.2. The molecule has 0 fully saturated rings. The number of rotatable bonds is 5. The fraction of sp³-hybridized carbons (Fsp3) is 0.294. The van der Waals surface area contributed by atoms with Crippen LogP contribution in [0.1, 0.15) is 29.9 Å². The van der Waals surface area contributed by atoms with Crippen molar-refractivity contribution in [1.82, 2.24) is 24.5 Å². The molecular weight excluding hydrogens is 496 g/mol. The van der Waals surface area contributed by atoms with Crippen molar-refractivity contribution in [1.29, 1.82) is 0 Å². The molecular formula is C17H14BrClF4N6O. The van der Waals surface area contributed by atoms with E-state index >= 15 is 0 Å². The fourth-order valence-corrected chi connectivity index (χ4v) is 3.36. The molecule has 1 amide bonds. The van der Waals surface area contributed by atoms with Crippen molar-refractivity contribution in [3.63, 3.8) is 0 Å². The zero-order valence-corrected chi connectivity index (χ0v) is 17.8. The largest absolute Gasteiger partial charge is 0.436 e. The van der Waals surface area contributed by atoms with E-state index in [-0.39, 0.29) is 33.2 Å². The maximum absolute atomic E-state index is 13.9. The second-order valence-corrected chi connectivity index (χ2v) is 7.52. The van der Waals surface area contributed by atoms with Crippen molar-refractivity contribution in [2.24, 2.45) is 0 Å². The van der Waals surface area contributed by atoms with E-state index in [1.54, 1.807) is 0 Å². The van der Waals surface area contributed by atoms with Crippen LogP contribution in [0.2, 0.25) is 5.02 Å². The van der Waals surface area contributed by atoms with Crippen LogP contribution >= 0.6 is 27.5 Å². The van der Waals surface area contributed by atoms with Crippen LogP contribution in [0.5, 0.6) is 0 Å². The lowest BCUT2D eigenvalue weighted by Crippen LogP contribution is -2.26. The van der Waals surface area contributed by atoms with Gasteiger partial charge in [0, 0.05) is 10.6 Å². The fourth-order valence-electron chi connectivity index (χ4n) is 2.66. The van der Waals surface area contributed by atoms with E-state index in [1.807, 2.05) is 0 Å². The van der Waals surface area contributed by atoms with Gasteiger partial charge in [-0.05, 0) is 41.9 Å². The van der Waals surface area contributed by atoms with Gasteiger partial charge >= 0.3 is 6.18 Å². The molecule has 0 aliphatic heterocycles. The summed E-state index contributed by atoms with van der Waals surface area (Å²) in [7, 11) is 0. The number of carbonyl (C=O) groups excluding carboxylic acids is 1. The molecule has 3 rings (SSSR count). The number of alkyl halides is 3. The van der Waals surface area contributed by atoms with E-state index in [9.17, 15) is 22.4 Å². The number of nitrogens with zero attached hydrogens (tertiary/aromatic N) is 5. The van der Waals surface area contributed by atoms with Gasteiger partial charge in [-0.25, -0.2) is 14.1 Å². The minimum absolute atomic E-state index is 0.0237. The highest BCUT2D eigenvalue weighted by molar-refractivity contribution is 9.10. The van der Waals surface area contributed by atoms with Crippen molar-refractivity contribution in [3.05, 3.63) is 56.8 Å². The molecule has 160 valence electrons. The number of nitrogens with one attached hydrogen (secondary N) is 1. The third kappa shape index (κ3) is 4.48. The van der Waals surface area contributed by atoms with Crippen molar-refractivity contribution in [2.75, 3.05) is 5.32 Å². The van der Waals surface area contributed by atoms with Crippen molar-refractivity contribution in [2.45, 2.75) is 32.6 Å². The maximum atomic E-state index is 13.9. The van der Waals surface area contributed by atoms with Crippen LogP contribution in [-0.2, 0) is 17.5 Å². The van der Waals surface area contributed by atoms with Gasteiger partial charge in [0.2, 0.25) is 5.95 Å². The lowest BCUT2D eigenvalue weighted by atomic mass is 10.2. The number of benzene rings is 1. The van der Waals surface area contributed by atoms with E-state index in [0.29, 0.717) is 0 Å².